The molecule has 15 heteroatoms. The molecule has 3 aromatic heterocycles. The quantitative estimate of drug-likeness (QED) is 0.238. The summed E-state index contributed by atoms with van der Waals surface area (Å²) in [4.78, 5) is 48.5. The van der Waals surface area contributed by atoms with E-state index in [1.807, 2.05) is 0 Å². The van der Waals surface area contributed by atoms with Gasteiger partial charge in [0.15, 0.2) is 40.7 Å². The van der Waals surface area contributed by atoms with Gasteiger partial charge >= 0.3 is 17.9 Å². The molecule has 2 atom stereocenters. The lowest BCUT2D eigenvalue weighted by Gasteiger charge is -2.24. The number of terminal acetylenes is 1. The van der Waals surface area contributed by atoms with Crippen LogP contribution in [0.5, 0.6) is 0 Å². The van der Waals surface area contributed by atoms with Crippen molar-refractivity contribution in [3.05, 3.63) is 33.7 Å². The number of ether oxygens (including phenoxy) is 3. The van der Waals surface area contributed by atoms with Crippen molar-refractivity contribution in [2.24, 2.45) is 0 Å². The van der Waals surface area contributed by atoms with E-state index in [9.17, 15) is 19.5 Å². The highest BCUT2D eigenvalue weighted by Gasteiger charge is 2.40. The lowest BCUT2D eigenvalue weighted by molar-refractivity contribution is -0.149. The lowest BCUT2D eigenvalue weighted by atomic mass is 10.0. The van der Waals surface area contributed by atoms with Crippen molar-refractivity contribution in [3.63, 3.8) is 0 Å². The van der Waals surface area contributed by atoms with Crippen LogP contribution < -0.4 is 11.1 Å². The Morgan fingerprint density at radius 1 is 1.39 bits per heavy atom. The molecule has 1 amide bonds. The van der Waals surface area contributed by atoms with Gasteiger partial charge in [0.1, 0.15) is 11.8 Å². The molecule has 14 nitrogen and oxygen atoms in total. The molecule has 202 valence electrons. The highest BCUT2D eigenvalue weighted by molar-refractivity contribution is 6.28. The predicted octanol–water partition coefficient (Wildman–Crippen LogP) is 2.47. The van der Waals surface area contributed by atoms with Crippen LogP contribution in [0.25, 0.3) is 11.2 Å². The van der Waals surface area contributed by atoms with Gasteiger partial charge in [0.25, 0.3) is 0 Å². The number of imidazole rings is 1. The summed E-state index contributed by atoms with van der Waals surface area (Å²) in [5.74, 6) is 1.10. The van der Waals surface area contributed by atoms with Gasteiger partial charge in [-0.3, -0.25) is 14.7 Å². The maximum absolute atomic E-state index is 12.7. The fourth-order valence-corrected chi connectivity index (χ4v) is 4.01. The number of hydrogen-bond acceptors (Lipinski definition) is 12. The van der Waals surface area contributed by atoms with Crippen LogP contribution in [-0.2, 0) is 25.6 Å². The van der Waals surface area contributed by atoms with Gasteiger partial charge in [0.2, 0.25) is 5.28 Å². The molecule has 38 heavy (non-hydrogen) atoms. The van der Waals surface area contributed by atoms with E-state index in [4.69, 9.17) is 41.1 Å². The van der Waals surface area contributed by atoms with E-state index in [-0.39, 0.29) is 53.4 Å². The zero-order valence-electron chi connectivity index (χ0n) is 20.6. The molecule has 0 spiro atoms. The first-order chi connectivity index (χ1) is 17.9. The van der Waals surface area contributed by atoms with E-state index in [2.05, 4.69) is 26.2 Å². The number of carbonyl (C=O) groups is 2. The number of nitrogens with one attached hydrogen (secondary N) is 1. The summed E-state index contributed by atoms with van der Waals surface area (Å²) >= 11 is 6.09. The maximum atomic E-state index is 12.7. The Morgan fingerprint density at radius 3 is 2.79 bits per heavy atom. The molecule has 4 heterocycles. The topological polar surface area (TPSA) is 181 Å². The molecular formula is C23H24ClN5O9. The lowest BCUT2D eigenvalue weighted by Crippen LogP contribution is -2.33. The Bertz CT molecular complexity index is 1470. The molecule has 3 aromatic rings. The predicted molar refractivity (Wildman–Crippen MR) is 129 cm³/mol. The zero-order valence-corrected chi connectivity index (χ0v) is 21.4. The Balaban J connectivity index is 1.41. The zero-order chi connectivity index (χ0) is 27.7. The largest absolute Gasteiger partial charge is 0.519 e. The van der Waals surface area contributed by atoms with Gasteiger partial charge in [-0.1, -0.05) is 5.92 Å². The number of amides is 1. The van der Waals surface area contributed by atoms with Gasteiger partial charge in [-0.25, -0.2) is 14.6 Å². The van der Waals surface area contributed by atoms with Crippen LogP contribution in [0, 0.1) is 19.3 Å². The van der Waals surface area contributed by atoms with Crippen LogP contribution in [0.2, 0.25) is 5.28 Å². The average Bonchev–Trinajstić information content (AvgIpc) is 3.53. The van der Waals surface area contributed by atoms with E-state index in [1.165, 1.54) is 27.1 Å². The summed E-state index contributed by atoms with van der Waals surface area (Å²) in [6, 6.07) is 0. The van der Waals surface area contributed by atoms with Crippen LogP contribution in [0.4, 0.5) is 10.6 Å². The number of anilines is 1. The van der Waals surface area contributed by atoms with Crippen molar-refractivity contribution in [2.75, 3.05) is 11.9 Å². The molecule has 1 aliphatic heterocycles. The third-order valence-electron chi connectivity index (χ3n) is 5.74. The number of carbonyl (C=O) groups excluding carboxylic acids is 2. The number of esters is 1. The van der Waals surface area contributed by atoms with Gasteiger partial charge in [-0.05, 0) is 45.2 Å². The molecule has 0 saturated carbocycles. The van der Waals surface area contributed by atoms with Gasteiger partial charge < -0.3 is 28.2 Å². The number of rotatable bonds is 8. The first-order valence-corrected chi connectivity index (χ1v) is 11.7. The standard InChI is InChI=1S/C23H24ClN5O9/c1-5-23(10-30)7-6-14(37-23)29-11-25-16-17(26-19(24)28-18(16)29)27-20(32)38-22(3,4)8-15(31)34-9-13-12(2)35-21(33)36-13/h1,11,14,30H,6-10H2,2-4H3,(H,26,27,28,32)/t14-,23+/m1/s1. The number of halogens is 1. The minimum atomic E-state index is -1.29. The molecule has 0 radical (unpaired) electrons. The number of aryl methyl sites for hydroxylation is 1. The summed E-state index contributed by atoms with van der Waals surface area (Å²) < 4.78 is 27.4. The molecule has 0 unspecified atom stereocenters. The molecule has 1 fully saturated rings. The monoisotopic (exact) mass is 549 g/mol. The molecular weight excluding hydrogens is 526 g/mol. The average molecular weight is 550 g/mol. The Morgan fingerprint density at radius 2 is 2.16 bits per heavy atom. The first kappa shape index (κ1) is 27.1. The number of hydrogen-bond donors (Lipinski definition) is 2. The van der Waals surface area contributed by atoms with Crippen molar-refractivity contribution in [1.29, 1.82) is 0 Å². The van der Waals surface area contributed by atoms with Crippen molar-refractivity contribution >= 4 is 40.6 Å². The van der Waals surface area contributed by atoms with Crippen molar-refractivity contribution in [1.82, 2.24) is 19.5 Å². The Hall–Kier alpha value is -3.93. The third-order valence-corrected chi connectivity index (χ3v) is 5.91. The normalized spacial score (nSPS) is 19.3. The highest BCUT2D eigenvalue weighted by Crippen LogP contribution is 2.37. The Kier molecular flexibility index (Phi) is 7.45. The second-order valence-corrected chi connectivity index (χ2v) is 9.46. The van der Waals surface area contributed by atoms with Crippen molar-refractivity contribution in [3.8, 4) is 12.3 Å². The van der Waals surface area contributed by atoms with E-state index in [1.54, 1.807) is 4.57 Å². The van der Waals surface area contributed by atoms with Gasteiger partial charge in [0, 0.05) is 0 Å². The van der Waals surface area contributed by atoms with Gasteiger partial charge in [-0.15, -0.1) is 6.42 Å². The second kappa shape index (κ2) is 10.4. The van der Waals surface area contributed by atoms with Crippen LogP contribution in [-0.4, -0.2) is 54.5 Å². The van der Waals surface area contributed by atoms with Gasteiger partial charge in [-0.2, -0.15) is 9.97 Å². The number of aliphatic hydroxyl groups excluding tert-OH is 1. The van der Waals surface area contributed by atoms with E-state index < -0.39 is 35.3 Å². The third kappa shape index (κ3) is 5.80. The number of aromatic nitrogens is 4. The smallest absolute Gasteiger partial charge is 0.457 e. The van der Waals surface area contributed by atoms with Crippen molar-refractivity contribution in [2.45, 2.75) is 64.1 Å². The maximum Gasteiger partial charge on any atom is 0.519 e. The molecule has 2 N–H and O–H groups in total. The van der Waals surface area contributed by atoms with Crippen LogP contribution >= 0.6 is 11.6 Å². The summed E-state index contributed by atoms with van der Waals surface area (Å²) in [6.07, 6.45) is 6.05. The minimum Gasteiger partial charge on any atom is -0.457 e. The fraction of sp³-hybridized carbons (Fsp3) is 0.478. The summed E-state index contributed by atoms with van der Waals surface area (Å²) in [5.41, 5.74) is -1.93. The van der Waals surface area contributed by atoms with Crippen LogP contribution in [0.3, 0.4) is 0 Å². The fourth-order valence-electron chi connectivity index (χ4n) is 3.85. The highest BCUT2D eigenvalue weighted by atomic mass is 35.5. The second-order valence-electron chi connectivity index (χ2n) is 9.12. The number of fused-ring (bicyclic) bond motifs is 1. The number of aliphatic hydroxyl groups is 1. The van der Waals surface area contributed by atoms with Crippen molar-refractivity contribution < 1.29 is 37.7 Å². The molecule has 4 rings (SSSR count). The van der Waals surface area contributed by atoms with E-state index in [0.717, 1.165) is 0 Å². The molecule has 0 aliphatic carbocycles. The SMILES string of the molecule is C#C[C@@]1(CO)CC[C@H](n2cnc3c(NC(=O)OC(C)(C)CC(=O)OCc4oc(=O)oc4C)nc(Cl)nc32)O1. The molecule has 1 saturated heterocycles. The van der Waals surface area contributed by atoms with E-state index in [0.29, 0.717) is 12.8 Å². The van der Waals surface area contributed by atoms with E-state index >= 15 is 0 Å². The Labute approximate surface area is 220 Å². The number of nitrogens with zero attached hydrogens (tertiary/aromatic N) is 4. The summed E-state index contributed by atoms with van der Waals surface area (Å²) in [7, 11) is 0. The van der Waals surface area contributed by atoms with Crippen LogP contribution in [0.15, 0.2) is 20.0 Å². The summed E-state index contributed by atoms with van der Waals surface area (Å²) in [6.45, 7) is 3.84. The molecule has 0 bridgehead atoms. The molecule has 0 aromatic carbocycles. The van der Waals surface area contributed by atoms with Crippen LogP contribution in [0.1, 0.15) is 50.9 Å². The first-order valence-electron chi connectivity index (χ1n) is 11.4. The molecule has 1 aliphatic rings. The minimum absolute atomic E-state index is 0.0315. The summed E-state index contributed by atoms with van der Waals surface area (Å²) in [5, 5.41) is 11.9. The van der Waals surface area contributed by atoms with Gasteiger partial charge in [0.05, 0.1) is 19.4 Å².